The Morgan fingerprint density at radius 3 is 0.643 bits per heavy atom. The highest BCUT2D eigenvalue weighted by Gasteiger charge is 2.39. The summed E-state index contributed by atoms with van der Waals surface area (Å²) in [5.41, 5.74) is -11.9. The molecule has 4 aromatic carbocycles. The van der Waals surface area contributed by atoms with Crippen molar-refractivity contribution in [1.82, 2.24) is 0 Å². The lowest BCUT2D eigenvalue weighted by Gasteiger charge is -2.18. The van der Waals surface area contributed by atoms with E-state index >= 15 is 0 Å². The monoisotopic (exact) mass is 1680 g/mol. The molecule has 0 aliphatic carbocycles. The van der Waals surface area contributed by atoms with E-state index in [1.54, 1.807) is 0 Å². The van der Waals surface area contributed by atoms with E-state index in [0.717, 1.165) is 26.2 Å². The molecule has 24 nitrogen and oxygen atoms in total. The molecule has 0 bridgehead atoms. The van der Waals surface area contributed by atoms with Crippen molar-refractivity contribution in [2.45, 2.75) is 101 Å². The number of alkyl halides is 12. The van der Waals surface area contributed by atoms with Crippen LogP contribution in [-0.4, -0.2) is 153 Å². The summed E-state index contributed by atoms with van der Waals surface area (Å²) >= 11 is 0. The number of aryl methyl sites for hydroxylation is 2. The summed E-state index contributed by atoms with van der Waals surface area (Å²) in [5, 5.41) is 0. The van der Waals surface area contributed by atoms with Crippen LogP contribution in [0.25, 0.3) is 22.3 Å². The van der Waals surface area contributed by atoms with Crippen molar-refractivity contribution in [3.05, 3.63) is 217 Å². The second kappa shape index (κ2) is 43.5. The predicted octanol–water partition coefficient (Wildman–Crippen LogP) is 10.7. The lowest BCUT2D eigenvalue weighted by Crippen LogP contribution is -2.43. The first-order chi connectivity index (χ1) is 51.9. The molecule has 0 saturated heterocycles. The molecule has 1 aliphatic heterocycles. The molecule has 8 aromatic rings. The molecular formula is C72H82F12N4O20S4. The molecule has 0 atom stereocenters. The summed E-state index contributed by atoms with van der Waals surface area (Å²) in [5.74, 6) is 2.73. The molecular weight excluding hydrogens is 1600 g/mol. The molecule has 40 heteroatoms. The number of hydrogen-bond acceptors (Lipinski definition) is 20. The minimum atomic E-state index is -6.09. The van der Waals surface area contributed by atoms with Gasteiger partial charge in [0.25, 0.3) is 0 Å². The van der Waals surface area contributed by atoms with E-state index in [0.29, 0.717) is 102 Å². The number of nitrogens with zero attached hydrogens (tertiary/aromatic N) is 4. The second-order valence-corrected chi connectivity index (χ2v) is 30.9. The Kier molecular flexibility index (Phi) is 37.2. The number of rotatable bonds is 9. The van der Waals surface area contributed by atoms with Crippen LogP contribution in [0.2, 0.25) is 0 Å². The van der Waals surface area contributed by atoms with Crippen LogP contribution >= 0.6 is 0 Å². The number of fused-ring (bicyclic) bond motifs is 2. The largest absolute Gasteiger partial charge is 0.741 e. The molecule has 0 saturated carbocycles. The van der Waals surface area contributed by atoms with Crippen LogP contribution in [0.15, 0.2) is 195 Å². The number of hydrogen-bond donors (Lipinski definition) is 0. The van der Waals surface area contributed by atoms with E-state index in [9.17, 15) is 52.7 Å². The van der Waals surface area contributed by atoms with E-state index in [2.05, 4.69) is 206 Å². The zero-order chi connectivity index (χ0) is 83.8. The fraction of sp³-hybridized carbons (Fsp3) is 0.389. The fourth-order valence-corrected chi connectivity index (χ4v) is 8.84. The Bertz CT molecular complexity index is 4160. The number of halogens is 12. The maximum atomic E-state index is 10.7. The second-order valence-electron chi connectivity index (χ2n) is 25.4. The number of aromatic nitrogens is 4. The van der Waals surface area contributed by atoms with Crippen molar-refractivity contribution in [2.75, 3.05) is 79.3 Å². The van der Waals surface area contributed by atoms with Gasteiger partial charge >= 0.3 is 22.0 Å². The maximum Gasteiger partial charge on any atom is 0.485 e. The fourth-order valence-electron chi connectivity index (χ4n) is 8.84. The molecule has 0 N–H and O–H groups in total. The minimum Gasteiger partial charge on any atom is -0.741 e. The van der Waals surface area contributed by atoms with Crippen LogP contribution in [-0.2, 0) is 96.4 Å². The van der Waals surface area contributed by atoms with Gasteiger partial charge in [-0.15, -0.1) is 0 Å². The smallest absolute Gasteiger partial charge is 0.485 e. The lowest BCUT2D eigenvalue weighted by molar-refractivity contribution is -0.778. The van der Waals surface area contributed by atoms with Crippen LogP contribution in [0.3, 0.4) is 0 Å². The van der Waals surface area contributed by atoms with E-state index in [-0.39, 0.29) is 10.8 Å². The number of ether oxygens (including phenoxy) is 8. The summed E-state index contributed by atoms with van der Waals surface area (Å²) in [6.45, 7) is 22.6. The molecule has 618 valence electrons. The van der Waals surface area contributed by atoms with Gasteiger partial charge in [0.15, 0.2) is 126 Å². The lowest BCUT2D eigenvalue weighted by atomic mass is 9.87. The highest BCUT2D eigenvalue weighted by Crippen LogP contribution is 2.30. The Morgan fingerprint density at radius 1 is 0.286 bits per heavy atom. The molecule has 0 unspecified atom stereocenters. The Labute approximate surface area is 640 Å². The molecule has 9 rings (SSSR count). The molecule has 112 heavy (non-hydrogen) atoms. The molecule has 4 aromatic heterocycles. The van der Waals surface area contributed by atoms with Crippen LogP contribution in [0, 0.1) is 0 Å². The van der Waals surface area contributed by atoms with Crippen LogP contribution in [0.4, 0.5) is 52.7 Å². The van der Waals surface area contributed by atoms with Gasteiger partial charge in [-0.1, -0.05) is 114 Å². The normalized spacial score (nSPS) is 14.3. The third kappa shape index (κ3) is 36.0. The van der Waals surface area contributed by atoms with E-state index in [1.165, 1.54) is 44.5 Å². The molecule has 0 spiro atoms. The summed E-state index contributed by atoms with van der Waals surface area (Å²) < 4.78 is 290. The first kappa shape index (κ1) is 95.7. The van der Waals surface area contributed by atoms with E-state index in [1.807, 2.05) is 48.5 Å². The predicted molar refractivity (Wildman–Crippen MR) is 374 cm³/mol. The van der Waals surface area contributed by atoms with E-state index in [4.69, 9.17) is 89.8 Å². The van der Waals surface area contributed by atoms with Crippen molar-refractivity contribution in [3.63, 3.8) is 0 Å². The third-order valence-electron chi connectivity index (χ3n) is 14.7. The average Bonchev–Trinajstić information content (AvgIpc) is 0.849. The number of benzene rings is 4. The van der Waals surface area contributed by atoms with Crippen LogP contribution < -0.4 is 37.2 Å². The maximum absolute atomic E-state index is 10.7. The topological polar surface area (TPSA) is 318 Å². The molecule has 0 radical (unpaired) electrons. The minimum absolute atomic E-state index is 0.181. The molecule has 0 amide bonds. The van der Waals surface area contributed by atoms with Gasteiger partial charge in [-0.2, -0.15) is 61.8 Å². The van der Waals surface area contributed by atoms with E-state index < -0.39 is 62.5 Å². The van der Waals surface area contributed by atoms with Crippen LogP contribution in [0.1, 0.15) is 63.8 Å². The van der Waals surface area contributed by atoms with Gasteiger partial charge in [-0.3, -0.25) is 0 Å². The van der Waals surface area contributed by atoms with Gasteiger partial charge < -0.3 is 56.1 Å². The zero-order valence-corrected chi connectivity index (χ0v) is 64.2. The summed E-state index contributed by atoms with van der Waals surface area (Å²) in [6.07, 6.45) is 17.4. The highest BCUT2D eigenvalue weighted by molar-refractivity contribution is 7.87. The SMILES string of the molecule is CC(C)(C)c1ccc(C[n+]2ccc(-c3cc[n+](CC[n+]4ccc(-c5cc[n+](Cc6ccc(C(C)(C)C)cc6)cc5)cc4)cc3)cc2)cc1.O=S(=O)([O-])C(F)(F)F.O=S(=O)([O-])C(F)(F)F.O=S(=O)([O-])C(F)(F)F.O=S(=O)([O-])C(F)(F)F.c1ccc2c(c1)OCCOCCOCCOc1ccccc1OCCOCCOCCO2. The van der Waals surface area contributed by atoms with Crippen molar-refractivity contribution < 1.29 is 161 Å². The van der Waals surface area contributed by atoms with Gasteiger partial charge in [0.2, 0.25) is 13.1 Å². The number of pyridine rings is 4. The third-order valence-corrected chi connectivity index (χ3v) is 17.0. The Morgan fingerprint density at radius 2 is 0.464 bits per heavy atom. The van der Waals surface area contributed by atoms with Gasteiger partial charge in [0, 0.05) is 59.7 Å². The molecule has 0 fully saturated rings. The van der Waals surface area contributed by atoms with Crippen molar-refractivity contribution in [2.24, 2.45) is 0 Å². The summed E-state index contributed by atoms with van der Waals surface area (Å²) in [6, 6.07) is 50.8. The standard InChI is InChI=1S/C44H50N4.C24H32O8.4CHF3O3S/c1-43(2,3)41-11-7-35(8-12-41)33-47-27-19-39(20-28-47)37-15-23-45(24-16-37)31-32-46-25-17-38(18-26-46)40-21-29-48(30-22-40)34-36-9-13-42(14-10-36)44(4,5)6;1-2-6-22-21(5-1)29-17-13-25-9-10-27-15-19-31-23-7-3-4-8-24(23)32-20-16-28-12-11-26-14-18-30-22;4*2-1(3,4)8(5,6)7/h7-30H,31-34H2,1-6H3;1-8H,9-20H2;4*(H,5,6,7)/q+4;;;;;/p-4. The highest BCUT2D eigenvalue weighted by atomic mass is 32.2. The Hall–Kier alpha value is -8.68. The summed E-state index contributed by atoms with van der Waals surface area (Å²) in [4.78, 5) is 0. The van der Waals surface area contributed by atoms with Gasteiger partial charge in [-0.25, -0.2) is 42.8 Å². The first-order valence-corrected chi connectivity index (χ1v) is 38.8. The van der Waals surface area contributed by atoms with Crippen LogP contribution in [0.5, 0.6) is 23.0 Å². The van der Waals surface area contributed by atoms with Crippen molar-refractivity contribution in [3.8, 4) is 45.3 Å². The zero-order valence-electron chi connectivity index (χ0n) is 60.9. The van der Waals surface area contributed by atoms with Gasteiger partial charge in [-0.05, 0) is 68.5 Å². The summed E-state index contributed by atoms with van der Waals surface area (Å²) in [7, 11) is -24.4. The molecule has 1 aliphatic rings. The molecule has 5 heterocycles. The first-order valence-electron chi connectivity index (χ1n) is 33.2. The van der Waals surface area contributed by atoms with Gasteiger partial charge in [0.1, 0.15) is 26.4 Å². The van der Waals surface area contributed by atoms with Crippen molar-refractivity contribution >= 4 is 40.5 Å². The van der Waals surface area contributed by atoms with Gasteiger partial charge in [0.05, 0.1) is 52.9 Å². The Balaban J connectivity index is 0.000000350. The average molecular weight is 1680 g/mol. The number of para-hydroxylation sites is 4. The quantitative estimate of drug-likeness (QED) is 0.0561. The van der Waals surface area contributed by atoms with Crippen molar-refractivity contribution in [1.29, 1.82) is 0 Å².